The molecule has 1 aliphatic rings. The number of fused-ring (bicyclic) bond motifs is 1. The van der Waals surface area contributed by atoms with Gasteiger partial charge in [-0.15, -0.1) is 0 Å². The highest BCUT2D eigenvalue weighted by Crippen LogP contribution is 2.30. The molecule has 0 unspecified atom stereocenters. The number of amides is 2. The first kappa shape index (κ1) is 28.2. The van der Waals surface area contributed by atoms with E-state index in [4.69, 9.17) is 4.74 Å². The summed E-state index contributed by atoms with van der Waals surface area (Å²) in [5.41, 5.74) is 2.72. The fourth-order valence-corrected chi connectivity index (χ4v) is 5.18. The van der Waals surface area contributed by atoms with E-state index in [2.05, 4.69) is 10.4 Å². The van der Waals surface area contributed by atoms with Crippen LogP contribution in [0.3, 0.4) is 0 Å². The largest absolute Gasteiger partial charge is 0.484 e. The lowest BCUT2D eigenvalue weighted by Crippen LogP contribution is -2.46. The molecule has 4 aromatic rings. The number of carbonyl (C=O) groups excluding carboxylic acids is 2. The van der Waals surface area contributed by atoms with Crippen molar-refractivity contribution in [3.8, 4) is 11.4 Å². The molecule has 1 saturated heterocycles. The van der Waals surface area contributed by atoms with Crippen molar-refractivity contribution in [2.24, 2.45) is 0 Å². The molecule has 10 heteroatoms. The summed E-state index contributed by atoms with van der Waals surface area (Å²) in [4.78, 5) is 26.8. The molecule has 0 radical (unpaired) electrons. The molecule has 8 nitrogen and oxygen atoms in total. The Morgan fingerprint density at radius 2 is 1.90 bits per heavy atom. The number of nitrogens with one attached hydrogen (secondary N) is 1. The van der Waals surface area contributed by atoms with E-state index in [1.54, 1.807) is 53.0 Å². The molecule has 41 heavy (non-hydrogen) atoms. The number of aliphatic hydroxyl groups excluding tert-OH is 1. The Kier molecular flexibility index (Phi) is 8.03. The van der Waals surface area contributed by atoms with Crippen molar-refractivity contribution in [1.82, 2.24) is 20.0 Å². The van der Waals surface area contributed by atoms with E-state index in [1.165, 1.54) is 0 Å². The summed E-state index contributed by atoms with van der Waals surface area (Å²) in [7, 11) is 0. The Morgan fingerprint density at radius 1 is 1.12 bits per heavy atom. The molecule has 1 aromatic heterocycles. The molecular formula is C31H32F2N4O4. The molecule has 3 aromatic carbocycles. The van der Waals surface area contributed by atoms with Crippen LogP contribution >= 0.6 is 0 Å². The zero-order chi connectivity index (χ0) is 29.1. The first-order valence-corrected chi connectivity index (χ1v) is 13.6. The Balaban J connectivity index is 1.40. The molecule has 2 heterocycles. The topological polar surface area (TPSA) is 96.7 Å². The van der Waals surface area contributed by atoms with E-state index in [0.717, 1.165) is 29.3 Å². The molecule has 214 valence electrons. The van der Waals surface area contributed by atoms with Gasteiger partial charge < -0.3 is 20.1 Å². The van der Waals surface area contributed by atoms with Crippen molar-refractivity contribution >= 4 is 22.7 Å². The minimum atomic E-state index is -3.51. The molecule has 0 saturated carbocycles. The number of nitrogens with zero attached hydrogens (tertiary/aromatic N) is 3. The lowest BCUT2D eigenvalue weighted by molar-refractivity contribution is -0.144. The highest BCUT2D eigenvalue weighted by Gasteiger charge is 2.35. The van der Waals surface area contributed by atoms with Crippen molar-refractivity contribution in [1.29, 1.82) is 0 Å². The monoisotopic (exact) mass is 562 g/mol. The van der Waals surface area contributed by atoms with E-state index in [9.17, 15) is 23.5 Å². The molecule has 5 rings (SSSR count). The Morgan fingerprint density at radius 3 is 2.63 bits per heavy atom. The lowest BCUT2D eigenvalue weighted by Gasteiger charge is -2.27. The first-order chi connectivity index (χ1) is 19.7. The number of alkyl halides is 2. The molecule has 0 bridgehead atoms. The number of halogens is 2. The average Bonchev–Trinajstić information content (AvgIpc) is 3.62. The summed E-state index contributed by atoms with van der Waals surface area (Å²) in [5, 5.41) is 17.3. The van der Waals surface area contributed by atoms with E-state index < -0.39 is 24.0 Å². The van der Waals surface area contributed by atoms with E-state index in [0.29, 0.717) is 30.5 Å². The van der Waals surface area contributed by atoms with Gasteiger partial charge in [-0.3, -0.25) is 9.59 Å². The summed E-state index contributed by atoms with van der Waals surface area (Å²) >= 11 is 0. The Labute approximate surface area is 236 Å². The predicted molar refractivity (Wildman–Crippen MR) is 150 cm³/mol. The maximum Gasteiger partial charge on any atom is 0.321 e. The van der Waals surface area contributed by atoms with Gasteiger partial charge in [0.2, 0.25) is 0 Å². The molecule has 1 aliphatic heterocycles. The number of ether oxygens (including phenoxy) is 1. The predicted octanol–water partition coefficient (Wildman–Crippen LogP) is 4.90. The van der Waals surface area contributed by atoms with Crippen LogP contribution in [-0.2, 0) is 4.79 Å². The van der Waals surface area contributed by atoms with Gasteiger partial charge in [0, 0.05) is 24.4 Å². The summed E-state index contributed by atoms with van der Waals surface area (Å²) < 4.78 is 35.1. The number of aliphatic hydroxyl groups is 1. The number of likely N-dealkylation sites (tertiary alicyclic amines) is 1. The SMILES string of the molecule is C[C@H](NC(=O)C(C)(F)F)[C@@H](Oc1ccc2c(cnn2-c2cccc(C(=O)N3CCC[C@@H]3CO)c2)c1)c1ccccc1. The third-order valence-corrected chi connectivity index (χ3v) is 7.33. The van der Waals surface area contributed by atoms with Crippen molar-refractivity contribution in [3.63, 3.8) is 0 Å². The van der Waals surface area contributed by atoms with Gasteiger partial charge in [-0.25, -0.2) is 4.68 Å². The van der Waals surface area contributed by atoms with E-state index >= 15 is 0 Å². The maximum atomic E-state index is 13.6. The number of benzene rings is 3. The second-order valence-electron chi connectivity index (χ2n) is 10.4. The van der Waals surface area contributed by atoms with Crippen LogP contribution in [0.5, 0.6) is 5.75 Å². The van der Waals surface area contributed by atoms with Crippen LogP contribution < -0.4 is 10.1 Å². The van der Waals surface area contributed by atoms with E-state index in [1.807, 2.05) is 42.5 Å². The van der Waals surface area contributed by atoms with Gasteiger partial charge in [0.05, 0.1) is 36.1 Å². The number of carbonyl (C=O) groups is 2. The molecule has 0 aliphatic carbocycles. The molecular weight excluding hydrogens is 530 g/mol. The van der Waals surface area contributed by atoms with Gasteiger partial charge in [0.25, 0.3) is 11.8 Å². The molecule has 2 N–H and O–H groups in total. The van der Waals surface area contributed by atoms with Crippen LogP contribution in [0.25, 0.3) is 16.6 Å². The summed E-state index contributed by atoms with van der Waals surface area (Å²) in [6.07, 6.45) is 2.61. The minimum absolute atomic E-state index is 0.0546. The third kappa shape index (κ3) is 6.07. The average molecular weight is 563 g/mol. The number of aromatic nitrogens is 2. The maximum absolute atomic E-state index is 13.6. The van der Waals surface area contributed by atoms with Crippen molar-refractivity contribution < 1.29 is 28.2 Å². The van der Waals surface area contributed by atoms with Gasteiger partial charge in [-0.2, -0.15) is 13.9 Å². The zero-order valence-corrected chi connectivity index (χ0v) is 22.8. The summed E-state index contributed by atoms with van der Waals surface area (Å²) in [5.74, 6) is -4.53. The van der Waals surface area contributed by atoms with Crippen molar-refractivity contribution in [3.05, 3.63) is 90.1 Å². The van der Waals surface area contributed by atoms with Gasteiger partial charge in [-0.1, -0.05) is 36.4 Å². The van der Waals surface area contributed by atoms with Crippen LogP contribution in [0.4, 0.5) is 8.78 Å². The van der Waals surface area contributed by atoms with Crippen LogP contribution in [0.2, 0.25) is 0 Å². The zero-order valence-electron chi connectivity index (χ0n) is 22.8. The Hall–Kier alpha value is -4.31. The quantitative estimate of drug-likeness (QED) is 0.303. The van der Waals surface area contributed by atoms with Gasteiger partial charge >= 0.3 is 5.92 Å². The highest BCUT2D eigenvalue weighted by molar-refractivity contribution is 5.95. The molecule has 0 spiro atoms. The second-order valence-corrected chi connectivity index (χ2v) is 10.4. The van der Waals surface area contributed by atoms with Gasteiger partial charge in [-0.05, 0) is 61.7 Å². The third-order valence-electron chi connectivity index (χ3n) is 7.33. The summed E-state index contributed by atoms with van der Waals surface area (Å²) in [6, 6.07) is 20.8. The smallest absolute Gasteiger partial charge is 0.321 e. The normalized spacial score (nSPS) is 16.9. The standard InChI is InChI=1S/C31H32F2N4O4/c1-20(35-30(40)31(2,32)33)28(21-8-4-3-5-9-21)41-26-13-14-27-23(17-26)18-34-37(27)24-11-6-10-22(16-24)29(39)36-15-7-12-25(36)19-38/h3-6,8-11,13-14,16-18,20,25,28,38H,7,12,15,19H2,1-2H3,(H,35,40)/t20-,25+,28+/m0/s1. The fraction of sp³-hybridized carbons (Fsp3) is 0.323. The number of rotatable bonds is 9. The highest BCUT2D eigenvalue weighted by atomic mass is 19.3. The van der Waals surface area contributed by atoms with Crippen molar-refractivity contribution in [2.45, 2.75) is 50.8 Å². The van der Waals surface area contributed by atoms with Crippen LogP contribution in [-0.4, -0.2) is 62.8 Å². The molecule has 3 atom stereocenters. The molecule has 2 amide bonds. The van der Waals surface area contributed by atoms with E-state index in [-0.39, 0.29) is 18.6 Å². The molecule has 1 fully saturated rings. The van der Waals surface area contributed by atoms with Crippen LogP contribution in [0, 0.1) is 0 Å². The first-order valence-electron chi connectivity index (χ1n) is 13.6. The van der Waals surface area contributed by atoms with Crippen molar-refractivity contribution in [2.75, 3.05) is 13.2 Å². The minimum Gasteiger partial charge on any atom is -0.484 e. The van der Waals surface area contributed by atoms with Crippen LogP contribution in [0.15, 0.2) is 79.0 Å². The van der Waals surface area contributed by atoms with Crippen LogP contribution in [0.1, 0.15) is 48.7 Å². The fourth-order valence-electron chi connectivity index (χ4n) is 5.18. The summed E-state index contributed by atoms with van der Waals surface area (Å²) in [6.45, 7) is 2.75. The number of hydrogen-bond acceptors (Lipinski definition) is 5. The Bertz CT molecular complexity index is 1540. The number of hydrogen-bond donors (Lipinski definition) is 2. The van der Waals surface area contributed by atoms with Gasteiger partial charge in [0.1, 0.15) is 11.9 Å². The van der Waals surface area contributed by atoms with Gasteiger partial charge in [0.15, 0.2) is 0 Å². The second kappa shape index (κ2) is 11.7. The lowest BCUT2D eigenvalue weighted by atomic mass is 10.0.